The first kappa shape index (κ1) is 17.2. The molecule has 1 amide bonds. The van der Waals surface area contributed by atoms with Crippen molar-refractivity contribution >= 4 is 5.91 Å². The highest BCUT2D eigenvalue weighted by molar-refractivity contribution is 5.91. The van der Waals surface area contributed by atoms with Gasteiger partial charge in [-0.05, 0) is 25.3 Å². The molecule has 9 nitrogen and oxygen atoms in total. The quantitative estimate of drug-likeness (QED) is 0.697. The van der Waals surface area contributed by atoms with E-state index >= 15 is 0 Å². The number of aryl methyl sites for hydroxylation is 2. The maximum Gasteiger partial charge on any atom is 0.293 e. The van der Waals surface area contributed by atoms with Crippen molar-refractivity contribution in [1.82, 2.24) is 29.4 Å². The van der Waals surface area contributed by atoms with E-state index in [4.69, 9.17) is 9.47 Å². The van der Waals surface area contributed by atoms with Crippen molar-refractivity contribution in [2.24, 2.45) is 7.05 Å². The van der Waals surface area contributed by atoms with E-state index in [0.717, 1.165) is 32.4 Å². The Labute approximate surface area is 151 Å². The van der Waals surface area contributed by atoms with Gasteiger partial charge in [-0.2, -0.15) is 5.10 Å². The molecule has 9 heteroatoms. The molecule has 0 radical (unpaired) electrons. The van der Waals surface area contributed by atoms with Gasteiger partial charge in [0.25, 0.3) is 5.91 Å². The van der Waals surface area contributed by atoms with Crippen LogP contribution in [0.4, 0.5) is 0 Å². The van der Waals surface area contributed by atoms with Crippen molar-refractivity contribution in [3.63, 3.8) is 0 Å². The first-order valence-corrected chi connectivity index (χ1v) is 9.09. The largest absolute Gasteiger partial charge is 0.374 e. The van der Waals surface area contributed by atoms with Crippen molar-refractivity contribution in [1.29, 1.82) is 0 Å². The minimum absolute atomic E-state index is 0.0381. The maximum absolute atomic E-state index is 12.8. The van der Waals surface area contributed by atoms with Gasteiger partial charge < -0.3 is 14.4 Å². The molecule has 0 aliphatic carbocycles. The summed E-state index contributed by atoms with van der Waals surface area (Å²) in [7, 11) is 1.76. The molecule has 0 bridgehead atoms. The standard InChI is InChI=1S/C17H24N6O3/c1-21-12-18-16(20-21)17(24)23-11-14(15-13(23)5-2-9-26-15)25-10-4-8-22-7-3-6-19-22/h3,6-7,12-15H,2,4-5,8-11H2,1H3/t13-,14+,15+/m1/s1. The molecule has 26 heavy (non-hydrogen) atoms. The number of fused-ring (bicyclic) bond motifs is 1. The Morgan fingerprint density at radius 1 is 1.46 bits per heavy atom. The lowest BCUT2D eigenvalue weighted by Gasteiger charge is -2.31. The van der Waals surface area contributed by atoms with E-state index in [-0.39, 0.29) is 30.0 Å². The van der Waals surface area contributed by atoms with Gasteiger partial charge in [-0.3, -0.25) is 14.2 Å². The lowest BCUT2D eigenvalue weighted by atomic mass is 10.0. The normalized spacial score (nSPS) is 25.4. The lowest BCUT2D eigenvalue weighted by Crippen LogP contribution is -2.44. The van der Waals surface area contributed by atoms with Crippen LogP contribution in [0.2, 0.25) is 0 Å². The number of hydrogen-bond donors (Lipinski definition) is 0. The zero-order valence-electron chi connectivity index (χ0n) is 14.9. The Balaban J connectivity index is 1.37. The average Bonchev–Trinajstić information content (AvgIpc) is 3.38. The van der Waals surface area contributed by atoms with Crippen molar-refractivity contribution in [3.05, 3.63) is 30.6 Å². The van der Waals surface area contributed by atoms with E-state index in [2.05, 4.69) is 15.2 Å². The third-order valence-corrected chi connectivity index (χ3v) is 4.95. The van der Waals surface area contributed by atoms with Gasteiger partial charge >= 0.3 is 0 Å². The van der Waals surface area contributed by atoms with Gasteiger partial charge in [-0.1, -0.05) is 0 Å². The molecule has 2 aliphatic rings. The van der Waals surface area contributed by atoms with Gasteiger partial charge in [-0.25, -0.2) is 4.98 Å². The van der Waals surface area contributed by atoms with Crippen LogP contribution >= 0.6 is 0 Å². The molecular weight excluding hydrogens is 336 g/mol. The van der Waals surface area contributed by atoms with Gasteiger partial charge in [0.05, 0.1) is 12.6 Å². The van der Waals surface area contributed by atoms with E-state index in [1.165, 1.54) is 0 Å². The highest BCUT2D eigenvalue weighted by Gasteiger charge is 2.47. The fourth-order valence-electron chi connectivity index (χ4n) is 3.75. The second-order valence-electron chi connectivity index (χ2n) is 6.78. The lowest BCUT2D eigenvalue weighted by molar-refractivity contribution is -0.0770. The summed E-state index contributed by atoms with van der Waals surface area (Å²) in [5.41, 5.74) is 0. The summed E-state index contributed by atoms with van der Waals surface area (Å²) in [4.78, 5) is 18.7. The molecule has 2 aromatic heterocycles. The monoisotopic (exact) mass is 360 g/mol. The second-order valence-corrected chi connectivity index (χ2v) is 6.78. The highest BCUT2D eigenvalue weighted by atomic mass is 16.5. The molecule has 0 saturated carbocycles. The first-order valence-electron chi connectivity index (χ1n) is 9.09. The summed E-state index contributed by atoms with van der Waals surface area (Å²) in [5, 5.41) is 8.33. The molecule has 4 heterocycles. The van der Waals surface area contributed by atoms with Crippen LogP contribution in [0, 0.1) is 0 Å². The topological polar surface area (TPSA) is 87.3 Å². The average molecular weight is 360 g/mol. The van der Waals surface area contributed by atoms with Crippen LogP contribution < -0.4 is 0 Å². The fraction of sp³-hybridized carbons (Fsp3) is 0.647. The zero-order valence-corrected chi connectivity index (χ0v) is 14.9. The predicted octanol–water partition coefficient (Wildman–Crippen LogP) is 0.490. The van der Waals surface area contributed by atoms with Crippen LogP contribution in [0.25, 0.3) is 0 Å². The van der Waals surface area contributed by atoms with Gasteiger partial charge in [0, 0.05) is 39.2 Å². The summed E-state index contributed by atoms with van der Waals surface area (Å²) in [6, 6.07) is 1.95. The van der Waals surface area contributed by atoms with Gasteiger partial charge in [0.1, 0.15) is 18.5 Å². The number of nitrogens with zero attached hydrogens (tertiary/aromatic N) is 6. The number of carbonyl (C=O) groups is 1. The predicted molar refractivity (Wildman–Crippen MR) is 91.4 cm³/mol. The Bertz CT molecular complexity index is 731. The summed E-state index contributed by atoms with van der Waals surface area (Å²) in [6.07, 6.45) is 7.82. The van der Waals surface area contributed by atoms with Crippen LogP contribution in [0.15, 0.2) is 24.8 Å². The fourth-order valence-corrected chi connectivity index (χ4v) is 3.75. The number of rotatable bonds is 6. The number of carbonyl (C=O) groups excluding carboxylic acids is 1. The second kappa shape index (κ2) is 7.55. The molecule has 0 aromatic carbocycles. The zero-order chi connectivity index (χ0) is 17.9. The Morgan fingerprint density at radius 3 is 3.15 bits per heavy atom. The molecule has 3 atom stereocenters. The number of hydrogen-bond acceptors (Lipinski definition) is 6. The van der Waals surface area contributed by atoms with Crippen molar-refractivity contribution < 1.29 is 14.3 Å². The minimum Gasteiger partial charge on any atom is -0.374 e. The summed E-state index contributed by atoms with van der Waals surface area (Å²) in [5.74, 6) is 0.0879. The molecule has 4 rings (SSSR count). The molecule has 2 saturated heterocycles. The molecule has 0 N–H and O–H groups in total. The molecule has 140 valence electrons. The SMILES string of the molecule is Cn1cnc(C(=O)N2C[C@H](OCCCn3cccn3)[C@H]3OCCC[C@H]32)n1. The Morgan fingerprint density at radius 2 is 2.38 bits per heavy atom. The van der Waals surface area contributed by atoms with Crippen molar-refractivity contribution in [2.75, 3.05) is 19.8 Å². The van der Waals surface area contributed by atoms with Crippen LogP contribution in [-0.4, -0.2) is 73.4 Å². The van der Waals surface area contributed by atoms with E-state index in [0.29, 0.717) is 13.2 Å². The van der Waals surface area contributed by atoms with E-state index in [9.17, 15) is 4.79 Å². The molecule has 0 unspecified atom stereocenters. The number of likely N-dealkylation sites (tertiary alicyclic amines) is 1. The summed E-state index contributed by atoms with van der Waals surface area (Å²) < 4.78 is 15.5. The Hall–Kier alpha value is -2.26. The molecule has 2 aliphatic heterocycles. The van der Waals surface area contributed by atoms with Crippen LogP contribution in [0.1, 0.15) is 29.9 Å². The van der Waals surface area contributed by atoms with Crippen LogP contribution in [0.5, 0.6) is 0 Å². The van der Waals surface area contributed by atoms with Gasteiger partial charge in [-0.15, -0.1) is 5.10 Å². The van der Waals surface area contributed by atoms with Crippen LogP contribution in [0.3, 0.4) is 0 Å². The third kappa shape index (κ3) is 3.49. The molecule has 0 spiro atoms. The smallest absolute Gasteiger partial charge is 0.293 e. The molecular formula is C17H24N6O3. The number of ether oxygens (including phenoxy) is 2. The number of aromatic nitrogens is 5. The van der Waals surface area contributed by atoms with E-state index in [1.807, 2.05) is 21.8 Å². The first-order chi connectivity index (χ1) is 12.7. The van der Waals surface area contributed by atoms with Gasteiger partial charge in [0.15, 0.2) is 0 Å². The van der Waals surface area contributed by atoms with Crippen molar-refractivity contribution in [2.45, 2.75) is 44.1 Å². The minimum atomic E-state index is -0.145. The van der Waals surface area contributed by atoms with E-state index in [1.54, 1.807) is 24.3 Å². The van der Waals surface area contributed by atoms with Crippen LogP contribution in [-0.2, 0) is 23.1 Å². The summed E-state index contributed by atoms with van der Waals surface area (Å²) >= 11 is 0. The van der Waals surface area contributed by atoms with E-state index < -0.39 is 0 Å². The highest BCUT2D eigenvalue weighted by Crippen LogP contribution is 2.31. The Kier molecular flexibility index (Phi) is 4.98. The third-order valence-electron chi connectivity index (χ3n) is 4.95. The van der Waals surface area contributed by atoms with Gasteiger partial charge in [0.2, 0.25) is 5.82 Å². The summed E-state index contributed by atoms with van der Waals surface area (Å²) in [6.45, 7) is 2.67. The molecule has 2 fully saturated rings. The molecule has 2 aromatic rings. The number of amides is 1. The maximum atomic E-state index is 12.8. The van der Waals surface area contributed by atoms with Crippen molar-refractivity contribution in [3.8, 4) is 0 Å².